The molecule has 1 aliphatic heterocycles. The van der Waals surface area contributed by atoms with Crippen LogP contribution in [0.15, 0.2) is 12.1 Å². The summed E-state index contributed by atoms with van der Waals surface area (Å²) in [6.07, 6.45) is 4.07. The van der Waals surface area contributed by atoms with Gasteiger partial charge in [0, 0.05) is 25.7 Å². The summed E-state index contributed by atoms with van der Waals surface area (Å²) in [5.74, 6) is 2.02. The van der Waals surface area contributed by atoms with Crippen LogP contribution < -0.4 is 19.5 Å². The molecule has 6 nitrogen and oxygen atoms in total. The third-order valence-electron chi connectivity index (χ3n) is 4.10. The van der Waals surface area contributed by atoms with Crippen LogP contribution >= 0.6 is 0 Å². The predicted molar refractivity (Wildman–Crippen MR) is 88.6 cm³/mol. The molecule has 1 N–H and O–H groups in total. The monoisotopic (exact) mass is 322 g/mol. The van der Waals surface area contributed by atoms with Crippen molar-refractivity contribution in [2.24, 2.45) is 0 Å². The summed E-state index contributed by atoms with van der Waals surface area (Å²) < 4.78 is 16.0. The molecule has 0 radical (unpaired) electrons. The highest BCUT2D eigenvalue weighted by Crippen LogP contribution is 2.34. The van der Waals surface area contributed by atoms with Crippen LogP contribution in [0.3, 0.4) is 0 Å². The first-order valence-corrected chi connectivity index (χ1v) is 8.01. The lowest BCUT2D eigenvalue weighted by Crippen LogP contribution is -2.43. The Morgan fingerprint density at radius 1 is 1.00 bits per heavy atom. The number of likely N-dealkylation sites (tertiary alicyclic amines) is 1. The zero-order valence-electron chi connectivity index (χ0n) is 14.2. The summed E-state index contributed by atoms with van der Waals surface area (Å²) >= 11 is 0. The molecule has 1 heterocycles. The average Bonchev–Trinajstić information content (AvgIpc) is 2.61. The first-order chi connectivity index (χ1) is 11.2. The van der Waals surface area contributed by atoms with Crippen molar-refractivity contribution in [1.82, 2.24) is 10.2 Å². The molecule has 6 heteroatoms. The number of benzene rings is 1. The van der Waals surface area contributed by atoms with Gasteiger partial charge in [-0.25, -0.2) is 4.79 Å². The highest BCUT2D eigenvalue weighted by atomic mass is 16.5. The van der Waals surface area contributed by atoms with Crippen molar-refractivity contribution in [2.45, 2.75) is 25.7 Å². The Kier molecular flexibility index (Phi) is 6.38. The van der Waals surface area contributed by atoms with E-state index in [4.69, 9.17) is 14.2 Å². The molecule has 1 aromatic rings. The molecule has 0 bridgehead atoms. The SMILES string of the molecule is COc1cc(OC)c(OC)cc1CCNC(=O)N1CCCCC1. The number of hydrogen-bond donors (Lipinski definition) is 1. The molecular formula is C17H26N2O4. The highest BCUT2D eigenvalue weighted by Gasteiger charge is 2.16. The molecule has 1 saturated heterocycles. The van der Waals surface area contributed by atoms with Gasteiger partial charge >= 0.3 is 6.03 Å². The maximum absolute atomic E-state index is 12.1. The summed E-state index contributed by atoms with van der Waals surface area (Å²) in [5, 5.41) is 2.98. The lowest BCUT2D eigenvalue weighted by Gasteiger charge is -2.26. The van der Waals surface area contributed by atoms with E-state index in [1.165, 1.54) is 6.42 Å². The van der Waals surface area contributed by atoms with E-state index >= 15 is 0 Å². The molecule has 0 aliphatic carbocycles. The van der Waals surface area contributed by atoms with Gasteiger partial charge in [-0.2, -0.15) is 0 Å². The summed E-state index contributed by atoms with van der Waals surface area (Å²) in [5.41, 5.74) is 0.976. The van der Waals surface area contributed by atoms with Gasteiger partial charge in [-0.05, 0) is 37.3 Å². The molecule has 0 saturated carbocycles. The Labute approximate surface area is 137 Å². The zero-order chi connectivity index (χ0) is 16.7. The van der Waals surface area contributed by atoms with Crippen molar-refractivity contribution in [1.29, 1.82) is 0 Å². The fourth-order valence-corrected chi connectivity index (χ4v) is 2.80. The van der Waals surface area contributed by atoms with Crippen LogP contribution in [0.5, 0.6) is 17.2 Å². The van der Waals surface area contributed by atoms with E-state index < -0.39 is 0 Å². The molecule has 0 unspecified atom stereocenters. The van der Waals surface area contributed by atoms with E-state index in [1.54, 1.807) is 27.4 Å². The van der Waals surface area contributed by atoms with Gasteiger partial charge in [-0.3, -0.25) is 0 Å². The van der Waals surface area contributed by atoms with Gasteiger partial charge in [-0.1, -0.05) is 0 Å². The third-order valence-corrected chi connectivity index (χ3v) is 4.10. The summed E-state index contributed by atoms with van der Waals surface area (Å²) in [4.78, 5) is 14.0. The molecule has 1 fully saturated rings. The normalized spacial score (nSPS) is 14.3. The third kappa shape index (κ3) is 4.43. The minimum atomic E-state index is 0.0177. The Balaban J connectivity index is 1.95. The number of piperidine rings is 1. The maximum Gasteiger partial charge on any atom is 0.317 e. The van der Waals surface area contributed by atoms with Crippen LogP contribution in [-0.2, 0) is 6.42 Å². The van der Waals surface area contributed by atoms with Crippen LogP contribution in [0.4, 0.5) is 4.79 Å². The van der Waals surface area contributed by atoms with Gasteiger partial charge in [0.05, 0.1) is 21.3 Å². The van der Waals surface area contributed by atoms with Crippen LogP contribution in [0.2, 0.25) is 0 Å². The number of carbonyl (C=O) groups is 1. The largest absolute Gasteiger partial charge is 0.496 e. The van der Waals surface area contributed by atoms with Gasteiger partial charge in [-0.15, -0.1) is 0 Å². The number of amides is 2. The molecule has 128 valence electrons. The molecule has 1 aromatic carbocycles. The molecular weight excluding hydrogens is 296 g/mol. The van der Waals surface area contributed by atoms with Crippen molar-refractivity contribution in [2.75, 3.05) is 41.0 Å². The number of urea groups is 1. The van der Waals surface area contributed by atoms with Gasteiger partial charge in [0.2, 0.25) is 0 Å². The minimum Gasteiger partial charge on any atom is -0.496 e. The minimum absolute atomic E-state index is 0.0177. The van der Waals surface area contributed by atoms with Crippen LogP contribution in [-0.4, -0.2) is 51.9 Å². The van der Waals surface area contributed by atoms with Gasteiger partial charge in [0.25, 0.3) is 0 Å². The van der Waals surface area contributed by atoms with E-state index in [9.17, 15) is 4.79 Å². The number of hydrogen-bond acceptors (Lipinski definition) is 4. The molecule has 1 aliphatic rings. The van der Waals surface area contributed by atoms with E-state index in [1.807, 2.05) is 11.0 Å². The van der Waals surface area contributed by atoms with Gasteiger partial charge < -0.3 is 24.4 Å². The molecule has 0 aromatic heterocycles. The quantitative estimate of drug-likeness (QED) is 0.874. The summed E-state index contributed by atoms with van der Waals surface area (Å²) in [6, 6.07) is 3.72. The fraction of sp³-hybridized carbons (Fsp3) is 0.588. The lowest BCUT2D eigenvalue weighted by molar-refractivity contribution is 0.186. The molecule has 2 amide bonds. The number of methoxy groups -OCH3 is 3. The van der Waals surface area contributed by atoms with Crippen molar-refractivity contribution in [3.63, 3.8) is 0 Å². The Morgan fingerprint density at radius 3 is 2.22 bits per heavy atom. The summed E-state index contributed by atoms with van der Waals surface area (Å²) in [6.45, 7) is 2.26. The van der Waals surface area contributed by atoms with Crippen molar-refractivity contribution in [3.8, 4) is 17.2 Å². The van der Waals surface area contributed by atoms with Gasteiger partial charge in [0.15, 0.2) is 11.5 Å². The van der Waals surface area contributed by atoms with E-state index in [2.05, 4.69) is 5.32 Å². The van der Waals surface area contributed by atoms with Crippen LogP contribution in [0, 0.1) is 0 Å². The zero-order valence-corrected chi connectivity index (χ0v) is 14.2. The van der Waals surface area contributed by atoms with Crippen LogP contribution in [0.25, 0.3) is 0 Å². The van der Waals surface area contributed by atoms with E-state index in [0.29, 0.717) is 24.5 Å². The molecule has 23 heavy (non-hydrogen) atoms. The lowest BCUT2D eigenvalue weighted by atomic mass is 10.1. The molecule has 2 rings (SSSR count). The first-order valence-electron chi connectivity index (χ1n) is 8.01. The number of rotatable bonds is 6. The molecule has 0 atom stereocenters. The number of nitrogens with one attached hydrogen (secondary N) is 1. The van der Waals surface area contributed by atoms with Crippen molar-refractivity contribution in [3.05, 3.63) is 17.7 Å². The Bertz CT molecular complexity index is 528. The van der Waals surface area contributed by atoms with Crippen molar-refractivity contribution < 1.29 is 19.0 Å². The number of nitrogens with zero attached hydrogens (tertiary/aromatic N) is 1. The second-order valence-corrected chi connectivity index (χ2v) is 5.55. The topological polar surface area (TPSA) is 60.0 Å². The maximum atomic E-state index is 12.1. The summed E-state index contributed by atoms with van der Waals surface area (Å²) in [7, 11) is 4.82. The second kappa shape index (κ2) is 8.50. The van der Waals surface area contributed by atoms with Crippen LogP contribution in [0.1, 0.15) is 24.8 Å². The van der Waals surface area contributed by atoms with E-state index in [0.717, 1.165) is 37.2 Å². The second-order valence-electron chi connectivity index (χ2n) is 5.55. The Morgan fingerprint density at radius 2 is 1.61 bits per heavy atom. The number of ether oxygens (including phenoxy) is 3. The fourth-order valence-electron chi connectivity index (χ4n) is 2.80. The standard InChI is InChI=1S/C17H26N2O4/c1-21-14-12-16(23-3)15(22-2)11-13(14)7-8-18-17(20)19-9-5-4-6-10-19/h11-12H,4-10H2,1-3H3,(H,18,20). The average molecular weight is 322 g/mol. The smallest absolute Gasteiger partial charge is 0.317 e. The highest BCUT2D eigenvalue weighted by molar-refractivity contribution is 5.74. The predicted octanol–water partition coefficient (Wildman–Crippen LogP) is 2.45. The Hall–Kier alpha value is -2.11. The number of carbonyl (C=O) groups excluding carboxylic acids is 1. The van der Waals surface area contributed by atoms with E-state index in [-0.39, 0.29) is 6.03 Å². The first kappa shape index (κ1) is 17.2. The molecule has 0 spiro atoms. The van der Waals surface area contributed by atoms with Gasteiger partial charge in [0.1, 0.15) is 5.75 Å². The van der Waals surface area contributed by atoms with Crippen molar-refractivity contribution >= 4 is 6.03 Å².